The van der Waals surface area contributed by atoms with E-state index in [0.29, 0.717) is 16.8 Å². The molecule has 20 heavy (non-hydrogen) atoms. The molecule has 0 radical (unpaired) electrons. The zero-order chi connectivity index (χ0) is 13.9. The highest BCUT2D eigenvalue weighted by atomic mass is 35.5. The summed E-state index contributed by atoms with van der Waals surface area (Å²) in [6.45, 7) is 1.07. The van der Waals surface area contributed by atoms with Crippen LogP contribution in [-0.2, 0) is 0 Å². The van der Waals surface area contributed by atoms with Gasteiger partial charge in [-0.05, 0) is 31.5 Å². The lowest BCUT2D eigenvalue weighted by Gasteiger charge is -2.24. The largest absolute Gasteiger partial charge is 0.495 e. The number of hydrogen-bond donors (Lipinski definition) is 1. The van der Waals surface area contributed by atoms with E-state index >= 15 is 0 Å². The van der Waals surface area contributed by atoms with Gasteiger partial charge in [-0.25, -0.2) is 4.98 Å². The maximum atomic E-state index is 6.08. The predicted octanol–water partition coefficient (Wildman–Crippen LogP) is 3.35. The molecule has 1 aromatic heterocycles. The van der Waals surface area contributed by atoms with E-state index in [0.717, 1.165) is 18.7 Å². The Labute approximate surface area is 123 Å². The number of aromatic nitrogens is 2. The van der Waals surface area contributed by atoms with E-state index in [4.69, 9.17) is 16.3 Å². The third-order valence-corrected chi connectivity index (χ3v) is 4.06. The van der Waals surface area contributed by atoms with Gasteiger partial charge in [0.05, 0.1) is 36.0 Å². The second-order valence-corrected chi connectivity index (χ2v) is 5.42. The Morgan fingerprint density at radius 2 is 2.30 bits per heavy atom. The molecule has 0 amide bonds. The van der Waals surface area contributed by atoms with Gasteiger partial charge in [-0.2, -0.15) is 0 Å². The second kappa shape index (κ2) is 5.85. The maximum absolute atomic E-state index is 6.08. The van der Waals surface area contributed by atoms with Crippen molar-refractivity contribution in [1.29, 1.82) is 0 Å². The third kappa shape index (κ3) is 2.53. The van der Waals surface area contributed by atoms with E-state index < -0.39 is 0 Å². The molecule has 1 aromatic carbocycles. The Morgan fingerprint density at radius 1 is 1.40 bits per heavy atom. The van der Waals surface area contributed by atoms with E-state index in [1.54, 1.807) is 7.11 Å². The number of halogens is 1. The van der Waals surface area contributed by atoms with E-state index in [1.807, 2.05) is 30.7 Å². The minimum absolute atomic E-state index is 0.368. The highest BCUT2D eigenvalue weighted by Crippen LogP contribution is 2.29. The third-order valence-electron chi connectivity index (χ3n) is 3.75. The molecule has 1 atom stereocenters. The first kappa shape index (κ1) is 13.5. The minimum Gasteiger partial charge on any atom is -0.495 e. The van der Waals surface area contributed by atoms with Crippen LogP contribution in [0.4, 0.5) is 0 Å². The topological polar surface area (TPSA) is 39.1 Å². The zero-order valence-electron chi connectivity index (χ0n) is 11.5. The molecule has 1 aliphatic rings. The van der Waals surface area contributed by atoms with Gasteiger partial charge in [0.15, 0.2) is 0 Å². The number of piperidine rings is 1. The molecule has 0 spiro atoms. The highest BCUT2D eigenvalue weighted by molar-refractivity contribution is 6.32. The van der Waals surface area contributed by atoms with Crippen LogP contribution < -0.4 is 10.1 Å². The van der Waals surface area contributed by atoms with Crippen LogP contribution in [0.5, 0.6) is 5.75 Å². The summed E-state index contributed by atoms with van der Waals surface area (Å²) in [6.07, 6.45) is 7.43. The van der Waals surface area contributed by atoms with Crippen molar-refractivity contribution in [2.75, 3.05) is 13.7 Å². The maximum Gasteiger partial charge on any atom is 0.139 e. The fraction of sp³-hybridized carbons (Fsp3) is 0.400. The van der Waals surface area contributed by atoms with Gasteiger partial charge in [0, 0.05) is 12.1 Å². The van der Waals surface area contributed by atoms with Crippen molar-refractivity contribution in [3.63, 3.8) is 0 Å². The van der Waals surface area contributed by atoms with Gasteiger partial charge in [0.25, 0.3) is 0 Å². The molecule has 1 saturated heterocycles. The van der Waals surface area contributed by atoms with E-state index in [2.05, 4.69) is 14.9 Å². The average Bonchev–Trinajstić information content (AvgIpc) is 2.98. The lowest BCUT2D eigenvalue weighted by Crippen LogP contribution is -2.28. The van der Waals surface area contributed by atoms with Crippen molar-refractivity contribution < 1.29 is 4.74 Å². The van der Waals surface area contributed by atoms with Crippen molar-refractivity contribution in [3.8, 4) is 11.4 Å². The summed E-state index contributed by atoms with van der Waals surface area (Å²) in [6, 6.07) is 6.15. The first-order chi connectivity index (χ1) is 9.79. The molecule has 0 aliphatic carbocycles. The van der Waals surface area contributed by atoms with Crippen molar-refractivity contribution in [2.45, 2.75) is 25.3 Å². The van der Waals surface area contributed by atoms with Gasteiger partial charge < -0.3 is 14.6 Å². The summed E-state index contributed by atoms with van der Waals surface area (Å²) < 4.78 is 7.39. The first-order valence-electron chi connectivity index (χ1n) is 6.89. The van der Waals surface area contributed by atoms with Crippen molar-refractivity contribution in [3.05, 3.63) is 41.4 Å². The lowest BCUT2D eigenvalue weighted by atomic mass is 10.0. The summed E-state index contributed by atoms with van der Waals surface area (Å²) in [5, 5.41) is 4.17. The van der Waals surface area contributed by atoms with Crippen LogP contribution in [0, 0.1) is 0 Å². The molecule has 1 aliphatic heterocycles. The van der Waals surface area contributed by atoms with E-state index in [-0.39, 0.29) is 0 Å². The van der Waals surface area contributed by atoms with Gasteiger partial charge in [-0.3, -0.25) is 0 Å². The Kier molecular flexibility index (Phi) is 3.94. The van der Waals surface area contributed by atoms with Crippen LogP contribution in [0.25, 0.3) is 5.69 Å². The molecule has 5 heteroatoms. The van der Waals surface area contributed by atoms with Crippen molar-refractivity contribution in [2.24, 2.45) is 0 Å². The summed E-state index contributed by atoms with van der Waals surface area (Å²) in [5.74, 6) is 0.681. The minimum atomic E-state index is 0.368. The molecule has 106 valence electrons. The van der Waals surface area contributed by atoms with Gasteiger partial charge in [-0.1, -0.05) is 18.0 Å². The molecule has 3 rings (SSSR count). The zero-order valence-corrected chi connectivity index (χ0v) is 12.2. The molecule has 2 heterocycles. The quantitative estimate of drug-likeness (QED) is 0.942. The standard InChI is InChI=1S/C15H18ClN3O/c1-20-15-8-11(5-6-12(15)16)19-10-17-9-14(19)13-4-2-3-7-18-13/h5-6,8-10,13,18H,2-4,7H2,1H3. The molecule has 2 aromatic rings. The Bertz CT molecular complexity index is 591. The number of rotatable bonds is 3. The molecule has 1 fully saturated rings. The van der Waals surface area contributed by atoms with Crippen LogP contribution in [0.1, 0.15) is 31.0 Å². The van der Waals surface area contributed by atoms with Gasteiger partial charge in [0.2, 0.25) is 0 Å². The van der Waals surface area contributed by atoms with Crippen molar-refractivity contribution in [1.82, 2.24) is 14.9 Å². The van der Waals surface area contributed by atoms with E-state index in [9.17, 15) is 0 Å². The molecule has 0 saturated carbocycles. The van der Waals surface area contributed by atoms with Gasteiger partial charge in [0.1, 0.15) is 5.75 Å². The molecular weight excluding hydrogens is 274 g/mol. The Balaban J connectivity index is 1.96. The van der Waals surface area contributed by atoms with Crippen LogP contribution in [0.15, 0.2) is 30.7 Å². The number of nitrogens with zero attached hydrogens (tertiary/aromatic N) is 2. The SMILES string of the molecule is COc1cc(-n2cncc2C2CCCCN2)ccc1Cl. The summed E-state index contributed by atoms with van der Waals surface area (Å²) in [4.78, 5) is 4.30. The fourth-order valence-electron chi connectivity index (χ4n) is 2.68. The number of ether oxygens (including phenoxy) is 1. The second-order valence-electron chi connectivity index (χ2n) is 5.01. The fourth-order valence-corrected chi connectivity index (χ4v) is 2.88. The molecule has 4 nitrogen and oxygen atoms in total. The molecule has 1 N–H and O–H groups in total. The monoisotopic (exact) mass is 291 g/mol. The average molecular weight is 292 g/mol. The Morgan fingerprint density at radius 3 is 3.05 bits per heavy atom. The number of imidazole rings is 1. The Hall–Kier alpha value is -1.52. The van der Waals surface area contributed by atoms with Crippen LogP contribution >= 0.6 is 11.6 Å². The first-order valence-corrected chi connectivity index (χ1v) is 7.27. The molecule has 0 bridgehead atoms. The van der Waals surface area contributed by atoms with Crippen LogP contribution in [-0.4, -0.2) is 23.2 Å². The number of hydrogen-bond acceptors (Lipinski definition) is 3. The normalized spacial score (nSPS) is 19.0. The van der Waals surface area contributed by atoms with Crippen molar-refractivity contribution >= 4 is 11.6 Å². The molecular formula is C15H18ClN3O. The van der Waals surface area contributed by atoms with Gasteiger partial charge >= 0.3 is 0 Å². The molecule has 1 unspecified atom stereocenters. The smallest absolute Gasteiger partial charge is 0.139 e. The lowest BCUT2D eigenvalue weighted by molar-refractivity contribution is 0.401. The highest BCUT2D eigenvalue weighted by Gasteiger charge is 2.19. The number of methoxy groups -OCH3 is 1. The van der Waals surface area contributed by atoms with Gasteiger partial charge in [-0.15, -0.1) is 0 Å². The van der Waals surface area contributed by atoms with Crippen LogP contribution in [0.2, 0.25) is 5.02 Å². The summed E-state index contributed by atoms with van der Waals surface area (Å²) in [7, 11) is 1.63. The summed E-state index contributed by atoms with van der Waals surface area (Å²) in [5.41, 5.74) is 2.21. The summed E-state index contributed by atoms with van der Waals surface area (Å²) >= 11 is 6.08. The number of nitrogens with one attached hydrogen (secondary N) is 1. The van der Waals surface area contributed by atoms with Crippen LogP contribution in [0.3, 0.4) is 0 Å². The van der Waals surface area contributed by atoms with E-state index in [1.165, 1.54) is 18.5 Å². The predicted molar refractivity (Wildman–Crippen MR) is 79.7 cm³/mol. The number of benzene rings is 1.